The standard InChI is InChI=1S/C8H4BF5O4/c1-17-7-4(10)2-3(5(11)6(7)12)8(13,14)18-9(15)16/h2H,1H3/q-2. The zero-order valence-corrected chi connectivity index (χ0v) is 8.68. The van der Waals surface area contributed by atoms with Gasteiger partial charge in [-0.05, 0) is 6.07 Å². The van der Waals surface area contributed by atoms with Gasteiger partial charge in [-0.2, -0.15) is 13.2 Å². The monoisotopic (exact) mass is 270 g/mol. The molecule has 0 aliphatic heterocycles. The van der Waals surface area contributed by atoms with Gasteiger partial charge in [-0.1, -0.05) is 0 Å². The van der Waals surface area contributed by atoms with Crippen LogP contribution in [0.2, 0.25) is 0 Å². The maximum absolute atomic E-state index is 13.2. The first-order valence-corrected chi connectivity index (χ1v) is 4.30. The lowest BCUT2D eigenvalue weighted by atomic mass is 10.1. The van der Waals surface area contributed by atoms with Crippen LogP contribution in [0.25, 0.3) is 0 Å². The summed E-state index contributed by atoms with van der Waals surface area (Å²) in [6.45, 7) is 0. The first-order chi connectivity index (χ1) is 8.20. The Morgan fingerprint density at radius 3 is 2.17 bits per heavy atom. The molecule has 18 heavy (non-hydrogen) atoms. The number of hydrogen-bond donors (Lipinski definition) is 0. The first-order valence-electron chi connectivity index (χ1n) is 4.30. The van der Waals surface area contributed by atoms with E-state index in [0.29, 0.717) is 0 Å². The molecular weight excluding hydrogens is 266 g/mol. The molecule has 0 amide bonds. The van der Waals surface area contributed by atoms with Gasteiger partial charge in [-0.3, -0.25) is 0 Å². The van der Waals surface area contributed by atoms with E-state index in [2.05, 4.69) is 9.39 Å². The number of rotatable bonds is 4. The number of ether oxygens (including phenoxy) is 1. The van der Waals surface area contributed by atoms with Crippen LogP contribution in [0.1, 0.15) is 5.56 Å². The van der Waals surface area contributed by atoms with Crippen molar-refractivity contribution in [2.45, 2.75) is 6.11 Å². The minimum absolute atomic E-state index is 0.125. The van der Waals surface area contributed by atoms with Gasteiger partial charge in [0.05, 0.1) is 20.0 Å². The van der Waals surface area contributed by atoms with E-state index in [1.165, 1.54) is 0 Å². The molecule has 0 radical (unpaired) electrons. The topological polar surface area (TPSA) is 64.6 Å². The van der Waals surface area contributed by atoms with Gasteiger partial charge in [0.15, 0.2) is 17.4 Å². The van der Waals surface area contributed by atoms with Crippen molar-refractivity contribution in [1.82, 2.24) is 0 Å². The summed E-state index contributed by atoms with van der Waals surface area (Å²) in [5.41, 5.74) is -1.91. The summed E-state index contributed by atoms with van der Waals surface area (Å²) in [6, 6.07) is -0.125. The molecule has 0 aliphatic rings. The molecule has 0 aliphatic carbocycles. The van der Waals surface area contributed by atoms with Gasteiger partial charge in [0.25, 0.3) is 0 Å². The summed E-state index contributed by atoms with van der Waals surface area (Å²) in [6.07, 6.45) is -4.76. The molecule has 0 spiro atoms. The van der Waals surface area contributed by atoms with E-state index in [0.717, 1.165) is 7.11 Å². The van der Waals surface area contributed by atoms with E-state index in [9.17, 15) is 32.0 Å². The van der Waals surface area contributed by atoms with Crippen molar-refractivity contribution in [3.63, 3.8) is 0 Å². The van der Waals surface area contributed by atoms with Gasteiger partial charge < -0.3 is 19.4 Å². The molecule has 100 valence electrons. The molecule has 0 heterocycles. The van der Waals surface area contributed by atoms with Crippen molar-refractivity contribution in [2.24, 2.45) is 0 Å². The number of hydrogen-bond acceptors (Lipinski definition) is 4. The van der Waals surface area contributed by atoms with Crippen LogP contribution in [0.5, 0.6) is 5.75 Å². The Kier molecular flexibility index (Phi) is 4.14. The maximum Gasteiger partial charge on any atom is 0.370 e. The molecule has 0 saturated heterocycles. The summed E-state index contributed by atoms with van der Waals surface area (Å²) >= 11 is 0. The highest BCUT2D eigenvalue weighted by atomic mass is 19.3. The Morgan fingerprint density at radius 1 is 1.17 bits per heavy atom. The van der Waals surface area contributed by atoms with Crippen molar-refractivity contribution in [1.29, 1.82) is 0 Å². The molecule has 0 N–H and O–H groups in total. The predicted octanol–water partition coefficient (Wildman–Crippen LogP) is -0.116. The molecule has 0 unspecified atom stereocenters. The zero-order chi connectivity index (χ0) is 14.1. The fourth-order valence-electron chi connectivity index (χ4n) is 1.16. The first kappa shape index (κ1) is 14.7. The quantitative estimate of drug-likeness (QED) is 0.435. The second-order valence-electron chi connectivity index (χ2n) is 2.99. The lowest BCUT2D eigenvalue weighted by molar-refractivity contribution is -0.409. The maximum atomic E-state index is 13.2. The number of benzene rings is 1. The number of methoxy groups -OCH3 is 1. The van der Waals surface area contributed by atoms with Crippen LogP contribution in [-0.2, 0) is 10.8 Å². The predicted molar refractivity (Wildman–Crippen MR) is 43.6 cm³/mol. The van der Waals surface area contributed by atoms with Crippen LogP contribution in [0.3, 0.4) is 0 Å². The second-order valence-corrected chi connectivity index (χ2v) is 2.99. The van der Waals surface area contributed by atoms with Gasteiger partial charge in [0.2, 0.25) is 5.82 Å². The Labute approximate surface area is 97.7 Å². The molecule has 0 atom stereocenters. The van der Waals surface area contributed by atoms with Crippen molar-refractivity contribution in [3.8, 4) is 5.75 Å². The van der Waals surface area contributed by atoms with Gasteiger partial charge in [-0.15, -0.1) is 0 Å². The molecule has 0 aromatic heterocycles. The molecule has 1 rings (SSSR count). The third kappa shape index (κ3) is 2.71. The van der Waals surface area contributed by atoms with Gasteiger partial charge in [0, 0.05) is 0 Å². The number of alkyl halides is 2. The van der Waals surface area contributed by atoms with Crippen LogP contribution in [0, 0.1) is 17.5 Å². The fraction of sp³-hybridized carbons (Fsp3) is 0.250. The van der Waals surface area contributed by atoms with E-state index in [1.54, 1.807) is 0 Å². The third-order valence-corrected chi connectivity index (χ3v) is 1.88. The van der Waals surface area contributed by atoms with Crippen LogP contribution < -0.4 is 14.8 Å². The fourth-order valence-corrected chi connectivity index (χ4v) is 1.16. The summed E-state index contributed by atoms with van der Waals surface area (Å²) in [5, 5.41) is 19.9. The lowest BCUT2D eigenvalue weighted by Crippen LogP contribution is -2.51. The average Bonchev–Trinajstić information content (AvgIpc) is 2.22. The molecular formula is C8H4BF5O4-2. The Bertz CT molecular complexity index is 454. The second kappa shape index (κ2) is 5.08. The SMILES string of the molecule is COc1c(F)cc(C(F)(F)OB([O-])[O-])c(F)c1F. The van der Waals surface area contributed by atoms with E-state index < -0.39 is 42.2 Å². The van der Waals surface area contributed by atoms with E-state index in [1.807, 2.05) is 0 Å². The van der Waals surface area contributed by atoms with Crippen molar-refractivity contribution < 1.29 is 41.4 Å². The smallest absolute Gasteiger partial charge is 0.370 e. The third-order valence-electron chi connectivity index (χ3n) is 1.88. The molecule has 10 heteroatoms. The van der Waals surface area contributed by atoms with Crippen LogP contribution in [0.15, 0.2) is 6.07 Å². The minimum Gasteiger partial charge on any atom is -0.870 e. The molecule has 1 aromatic rings. The van der Waals surface area contributed by atoms with Crippen LogP contribution in [-0.4, -0.2) is 14.4 Å². The summed E-state index contributed by atoms with van der Waals surface area (Å²) < 4.78 is 72.6. The highest BCUT2D eigenvalue weighted by Crippen LogP contribution is 2.36. The molecule has 4 nitrogen and oxygen atoms in total. The van der Waals surface area contributed by atoms with Crippen molar-refractivity contribution in [2.75, 3.05) is 7.11 Å². The molecule has 0 bridgehead atoms. The largest absolute Gasteiger partial charge is 0.870 e. The Balaban J connectivity index is 3.34. The molecule has 0 saturated carbocycles. The van der Waals surface area contributed by atoms with E-state index >= 15 is 0 Å². The van der Waals surface area contributed by atoms with Crippen LogP contribution in [0.4, 0.5) is 22.0 Å². The van der Waals surface area contributed by atoms with E-state index in [-0.39, 0.29) is 6.07 Å². The summed E-state index contributed by atoms with van der Waals surface area (Å²) in [7, 11) is -2.66. The van der Waals surface area contributed by atoms with Crippen LogP contribution >= 0.6 is 0 Å². The lowest BCUT2D eigenvalue weighted by Gasteiger charge is -2.31. The Hall–Kier alpha value is -1.39. The molecule has 1 aromatic carbocycles. The van der Waals surface area contributed by atoms with E-state index in [4.69, 9.17) is 0 Å². The summed E-state index contributed by atoms with van der Waals surface area (Å²) in [5.74, 6) is -7.06. The van der Waals surface area contributed by atoms with Crippen molar-refractivity contribution in [3.05, 3.63) is 29.1 Å². The number of halogens is 5. The van der Waals surface area contributed by atoms with Crippen molar-refractivity contribution >= 4 is 7.32 Å². The van der Waals surface area contributed by atoms with Gasteiger partial charge in [-0.25, -0.2) is 8.78 Å². The van der Waals surface area contributed by atoms with Gasteiger partial charge >= 0.3 is 6.11 Å². The zero-order valence-electron chi connectivity index (χ0n) is 8.68. The summed E-state index contributed by atoms with van der Waals surface area (Å²) in [4.78, 5) is 0. The Morgan fingerprint density at radius 2 is 1.72 bits per heavy atom. The molecule has 0 fully saturated rings. The highest BCUT2D eigenvalue weighted by molar-refractivity contribution is 6.28. The highest BCUT2D eigenvalue weighted by Gasteiger charge is 2.38. The normalized spacial score (nSPS) is 11.6. The average molecular weight is 270 g/mol. The minimum atomic E-state index is -4.76. The van der Waals surface area contributed by atoms with Gasteiger partial charge in [0.1, 0.15) is 0 Å².